The summed E-state index contributed by atoms with van der Waals surface area (Å²) in [5.41, 5.74) is 37.7. The van der Waals surface area contributed by atoms with Gasteiger partial charge in [0.1, 0.15) is 0 Å². The van der Waals surface area contributed by atoms with E-state index in [9.17, 15) is 0 Å². The average molecular weight is 1810 g/mol. The highest BCUT2D eigenvalue weighted by atomic mass is 15.2. The Morgan fingerprint density at radius 2 is 0.324 bits per heavy atom. The summed E-state index contributed by atoms with van der Waals surface area (Å²) >= 11 is 0. The van der Waals surface area contributed by atoms with Crippen molar-refractivity contribution in [3.8, 4) is 95.0 Å². The number of fused-ring (bicyclic) bond motifs is 10. The van der Waals surface area contributed by atoms with E-state index in [1.54, 1.807) is 0 Å². The van der Waals surface area contributed by atoms with E-state index in [1.807, 2.05) is 0 Å². The molecule has 670 valence electrons. The topological polar surface area (TPSA) is 24.5 Å². The number of hydrogen-bond donors (Lipinski definition) is 0. The molecule has 0 saturated heterocycles. The molecule has 6 heteroatoms. The van der Waals surface area contributed by atoms with Crippen LogP contribution in [0.4, 0.5) is 51.2 Å². The zero-order valence-electron chi connectivity index (χ0n) is 78.1. The summed E-state index contributed by atoms with van der Waals surface area (Å²) < 4.78 is 7.13. The molecule has 0 radical (unpaired) electrons. The Hall–Kier alpha value is -18.9. The van der Waals surface area contributed by atoms with Gasteiger partial charge in [0.05, 0.1) is 33.1 Å². The predicted molar refractivity (Wildman–Crippen MR) is 602 cm³/mol. The van der Waals surface area contributed by atoms with Crippen LogP contribution in [0.3, 0.4) is 0 Å². The van der Waals surface area contributed by atoms with Crippen molar-refractivity contribution >= 4 is 127 Å². The molecule has 6 nitrogen and oxygen atoms in total. The molecule has 0 amide bonds. The first-order valence-corrected chi connectivity index (χ1v) is 48.6. The van der Waals surface area contributed by atoms with Crippen LogP contribution in [0.5, 0.6) is 0 Å². The molecule has 26 aromatic rings. The maximum atomic E-state index is 2.39. The molecule has 0 aliphatic heterocycles. The van der Waals surface area contributed by atoms with Crippen molar-refractivity contribution in [3.63, 3.8) is 0 Å². The standard InChI is InChI=1S/C48H34N2.C46H32N2.C42H30N2/c1-4-12-35(13-5-1)37-20-27-42(28-21-37)49(41-16-8-3-9-17-41)43-29-22-38(23-30-43)39-24-31-44(32-25-39)50-47-19-11-10-18-45(47)46-33-26-40(34-48(46)50)36-14-6-2-7-15-36;1-2-12-39(13-3-1)47(41-28-24-36(25-29-41)38-19-18-33-10-4-5-11-37(33)32-38)40-26-20-34(21-27-40)35-22-30-42(31-23-35)48-45-16-8-6-14-43(45)44-15-7-9-17-46(44)48;1-3-13-31(14-4-1)32-25-27-36(28-26-32)43(35-17-5-2-6-18-35)37-19-11-15-33(29-37)34-16-12-20-38(30-34)44-41-23-9-7-21-39(41)40-22-8-10-24-42(40)44/h1-34H;1-32H;1-30H. The third-order valence-electron chi connectivity index (χ3n) is 27.4. The van der Waals surface area contributed by atoms with Gasteiger partial charge in [-0.3, -0.25) is 0 Å². The second-order valence-electron chi connectivity index (χ2n) is 35.9. The fraction of sp³-hybridized carbons (Fsp3) is 0. The summed E-state index contributed by atoms with van der Waals surface area (Å²) in [5.74, 6) is 0. The van der Waals surface area contributed by atoms with E-state index in [0.29, 0.717) is 0 Å². The minimum atomic E-state index is 1.11. The molecule has 0 bridgehead atoms. The van der Waals surface area contributed by atoms with Crippen LogP contribution in [0.25, 0.3) is 171 Å². The number of anilines is 9. The minimum Gasteiger partial charge on any atom is -0.311 e. The van der Waals surface area contributed by atoms with E-state index in [2.05, 4.69) is 611 Å². The Balaban J connectivity index is 0.000000115. The molecule has 3 aromatic heterocycles. The number of para-hydroxylation sites is 8. The molecule has 0 saturated carbocycles. The molecule has 0 spiro atoms. The molecule has 0 atom stereocenters. The monoisotopic (exact) mass is 1810 g/mol. The zero-order valence-corrected chi connectivity index (χ0v) is 78.1. The van der Waals surface area contributed by atoms with Gasteiger partial charge in [0.15, 0.2) is 0 Å². The molecule has 142 heavy (non-hydrogen) atoms. The summed E-state index contributed by atoms with van der Waals surface area (Å²) in [7, 11) is 0. The maximum absolute atomic E-state index is 2.39. The van der Waals surface area contributed by atoms with Gasteiger partial charge in [-0.05, 0) is 277 Å². The SMILES string of the molecule is c1ccc(-c2ccc(N(c3ccccc3)c3ccc(-c4ccc(-n5c6ccccc6c6ccc(-c7ccccc7)cc65)cc4)cc3)cc2)cc1.c1ccc(-c2ccc(N(c3ccccc3)c3cccc(-c4cccc(-n5c6ccccc6c6ccccc65)c4)c3)cc2)cc1.c1ccc(N(c2ccc(-c3ccc(-n4c5ccccc5c5ccccc54)cc3)cc2)c2ccc(-c3ccc4ccccc4c3)cc2)cc1. The summed E-state index contributed by atoms with van der Waals surface area (Å²) in [6.45, 7) is 0. The van der Waals surface area contributed by atoms with Crippen molar-refractivity contribution in [1.82, 2.24) is 13.7 Å². The van der Waals surface area contributed by atoms with Gasteiger partial charge in [-0.15, -0.1) is 0 Å². The highest BCUT2D eigenvalue weighted by Gasteiger charge is 2.22. The minimum absolute atomic E-state index is 1.11. The fourth-order valence-corrected chi connectivity index (χ4v) is 20.4. The summed E-state index contributed by atoms with van der Waals surface area (Å²) in [4.78, 5) is 6.96. The Labute approximate surface area is 827 Å². The zero-order chi connectivity index (χ0) is 94.4. The first kappa shape index (κ1) is 86.0. The molecular weight excluding hydrogens is 1720 g/mol. The van der Waals surface area contributed by atoms with Gasteiger partial charge in [-0.2, -0.15) is 0 Å². The molecule has 26 rings (SSSR count). The van der Waals surface area contributed by atoms with Gasteiger partial charge in [0.25, 0.3) is 0 Å². The number of aromatic nitrogens is 3. The van der Waals surface area contributed by atoms with E-state index < -0.39 is 0 Å². The molecular formula is C136H96N6. The lowest BCUT2D eigenvalue weighted by atomic mass is 10.0. The molecule has 0 fully saturated rings. The maximum Gasteiger partial charge on any atom is 0.0547 e. The van der Waals surface area contributed by atoms with Crippen LogP contribution >= 0.6 is 0 Å². The second-order valence-corrected chi connectivity index (χ2v) is 35.9. The van der Waals surface area contributed by atoms with E-state index in [0.717, 1.165) is 68.2 Å². The van der Waals surface area contributed by atoms with Crippen LogP contribution in [-0.4, -0.2) is 13.7 Å². The Bertz CT molecular complexity index is 8830. The predicted octanol–water partition coefficient (Wildman–Crippen LogP) is 37.6. The first-order valence-electron chi connectivity index (χ1n) is 48.6. The average Bonchev–Trinajstić information content (AvgIpc) is 1.54. The van der Waals surface area contributed by atoms with Gasteiger partial charge >= 0.3 is 0 Å². The van der Waals surface area contributed by atoms with Gasteiger partial charge < -0.3 is 28.4 Å². The van der Waals surface area contributed by atoms with Crippen molar-refractivity contribution in [2.24, 2.45) is 0 Å². The quantitative estimate of drug-likeness (QED) is 0.0806. The third kappa shape index (κ3) is 17.2. The van der Waals surface area contributed by atoms with Crippen LogP contribution in [0.1, 0.15) is 0 Å². The molecule has 0 unspecified atom stereocenters. The summed E-state index contributed by atoms with van der Waals surface area (Å²) in [6, 6.07) is 209. The molecule has 23 aromatic carbocycles. The van der Waals surface area contributed by atoms with Crippen molar-refractivity contribution in [2.45, 2.75) is 0 Å². The largest absolute Gasteiger partial charge is 0.311 e. The highest BCUT2D eigenvalue weighted by molar-refractivity contribution is 6.12. The number of benzene rings is 23. The van der Waals surface area contributed by atoms with Gasteiger partial charge in [0.2, 0.25) is 0 Å². The highest BCUT2D eigenvalue weighted by Crippen LogP contribution is 2.45. The Morgan fingerprint density at radius 1 is 0.106 bits per heavy atom. The van der Waals surface area contributed by atoms with Gasteiger partial charge in [0, 0.05) is 101 Å². The van der Waals surface area contributed by atoms with E-state index in [1.165, 1.54) is 154 Å². The van der Waals surface area contributed by atoms with Gasteiger partial charge in [-0.1, -0.05) is 394 Å². The number of rotatable bonds is 19. The molecule has 0 aliphatic rings. The van der Waals surface area contributed by atoms with Gasteiger partial charge in [-0.25, -0.2) is 0 Å². The Kier molecular flexibility index (Phi) is 23.4. The Morgan fingerprint density at radius 3 is 0.697 bits per heavy atom. The van der Waals surface area contributed by atoms with Crippen molar-refractivity contribution in [2.75, 3.05) is 14.7 Å². The smallest absolute Gasteiger partial charge is 0.0547 e. The van der Waals surface area contributed by atoms with Crippen molar-refractivity contribution in [1.29, 1.82) is 0 Å². The van der Waals surface area contributed by atoms with E-state index >= 15 is 0 Å². The fourth-order valence-electron chi connectivity index (χ4n) is 20.4. The van der Waals surface area contributed by atoms with Crippen molar-refractivity contribution in [3.05, 3.63) is 582 Å². The second kappa shape index (κ2) is 38.7. The van der Waals surface area contributed by atoms with Crippen LogP contribution in [0.15, 0.2) is 582 Å². The molecule has 3 heterocycles. The third-order valence-corrected chi connectivity index (χ3v) is 27.4. The lowest BCUT2D eigenvalue weighted by Crippen LogP contribution is -2.09. The van der Waals surface area contributed by atoms with E-state index in [4.69, 9.17) is 0 Å². The molecule has 0 N–H and O–H groups in total. The lowest BCUT2D eigenvalue weighted by Gasteiger charge is -2.26. The molecule has 0 aliphatic carbocycles. The number of hydrogen-bond acceptors (Lipinski definition) is 3. The van der Waals surface area contributed by atoms with Crippen molar-refractivity contribution < 1.29 is 0 Å². The number of nitrogens with zero attached hydrogens (tertiary/aromatic N) is 6. The van der Waals surface area contributed by atoms with Crippen LogP contribution in [0.2, 0.25) is 0 Å². The van der Waals surface area contributed by atoms with E-state index in [-0.39, 0.29) is 0 Å². The van der Waals surface area contributed by atoms with Crippen LogP contribution < -0.4 is 14.7 Å². The normalized spacial score (nSPS) is 11.2. The lowest BCUT2D eigenvalue weighted by molar-refractivity contribution is 1.18. The van der Waals surface area contributed by atoms with Crippen LogP contribution in [0, 0.1) is 0 Å². The van der Waals surface area contributed by atoms with Crippen LogP contribution in [-0.2, 0) is 0 Å². The summed E-state index contributed by atoms with van der Waals surface area (Å²) in [6.07, 6.45) is 0. The summed E-state index contributed by atoms with van der Waals surface area (Å²) in [5, 5.41) is 10.1. The first-order chi connectivity index (χ1) is 70.4.